The van der Waals surface area contributed by atoms with Crippen molar-refractivity contribution in [3.05, 3.63) is 24.3 Å². The number of rotatable bonds is 7. The molecule has 0 radical (unpaired) electrons. The zero-order chi connectivity index (χ0) is 14.1. The maximum atomic E-state index is 11.7. The summed E-state index contributed by atoms with van der Waals surface area (Å²) in [6.45, 7) is 2.86. The quantitative estimate of drug-likeness (QED) is 0.752. The molecule has 0 spiro atoms. The Morgan fingerprint density at radius 3 is 2.68 bits per heavy atom. The second-order valence-corrected chi connectivity index (χ2v) is 3.92. The first-order valence-electron chi connectivity index (χ1n) is 6.14. The fourth-order valence-electron chi connectivity index (χ4n) is 1.42. The van der Waals surface area contributed by atoms with Crippen molar-refractivity contribution in [1.29, 1.82) is 5.26 Å². The number of ether oxygens (including phenoxy) is 2. The van der Waals surface area contributed by atoms with Gasteiger partial charge in [0.05, 0.1) is 19.1 Å². The van der Waals surface area contributed by atoms with E-state index in [1.54, 1.807) is 19.2 Å². The molecule has 0 unspecified atom stereocenters. The smallest absolute Gasteiger partial charge is 0.260 e. The van der Waals surface area contributed by atoms with Crippen molar-refractivity contribution in [1.82, 2.24) is 4.90 Å². The van der Waals surface area contributed by atoms with Crippen LogP contribution in [0.1, 0.15) is 13.3 Å². The Kier molecular flexibility index (Phi) is 6.23. The molecule has 1 rings (SSSR count). The van der Waals surface area contributed by atoms with Crippen molar-refractivity contribution in [2.24, 2.45) is 0 Å². The number of benzene rings is 1. The van der Waals surface area contributed by atoms with E-state index in [4.69, 9.17) is 14.7 Å². The lowest BCUT2D eigenvalue weighted by atomic mass is 10.3. The van der Waals surface area contributed by atoms with Gasteiger partial charge in [0.15, 0.2) is 6.61 Å². The van der Waals surface area contributed by atoms with Gasteiger partial charge in [-0.15, -0.1) is 0 Å². The summed E-state index contributed by atoms with van der Waals surface area (Å²) in [4.78, 5) is 13.2. The van der Waals surface area contributed by atoms with Gasteiger partial charge in [-0.2, -0.15) is 5.26 Å². The summed E-state index contributed by atoms with van der Waals surface area (Å²) in [5.41, 5.74) is 0. The molecule has 0 atom stereocenters. The summed E-state index contributed by atoms with van der Waals surface area (Å²) >= 11 is 0. The van der Waals surface area contributed by atoms with Gasteiger partial charge in [0.25, 0.3) is 5.91 Å². The minimum absolute atomic E-state index is 0.0441. The average molecular weight is 262 g/mol. The maximum Gasteiger partial charge on any atom is 0.260 e. The van der Waals surface area contributed by atoms with E-state index in [1.807, 2.05) is 25.1 Å². The van der Waals surface area contributed by atoms with Gasteiger partial charge in [-0.05, 0) is 19.1 Å². The van der Waals surface area contributed by atoms with Crippen molar-refractivity contribution in [2.45, 2.75) is 13.3 Å². The third kappa shape index (κ3) is 5.30. The molecule has 1 aromatic carbocycles. The molecule has 5 nitrogen and oxygen atoms in total. The first-order chi connectivity index (χ1) is 9.17. The predicted octanol–water partition coefficient (Wildman–Crippen LogP) is 1.84. The van der Waals surface area contributed by atoms with Crippen molar-refractivity contribution in [3.63, 3.8) is 0 Å². The van der Waals surface area contributed by atoms with E-state index in [-0.39, 0.29) is 12.5 Å². The van der Waals surface area contributed by atoms with Gasteiger partial charge in [0, 0.05) is 19.7 Å². The van der Waals surface area contributed by atoms with Crippen LogP contribution >= 0.6 is 0 Å². The van der Waals surface area contributed by atoms with Crippen molar-refractivity contribution < 1.29 is 14.3 Å². The van der Waals surface area contributed by atoms with Crippen LogP contribution in [0.2, 0.25) is 0 Å². The van der Waals surface area contributed by atoms with Gasteiger partial charge >= 0.3 is 0 Å². The summed E-state index contributed by atoms with van der Waals surface area (Å²) in [6, 6.07) is 9.15. The molecule has 0 aliphatic carbocycles. The van der Waals surface area contributed by atoms with Crippen LogP contribution in [0.25, 0.3) is 0 Å². The SMILES string of the molecule is CCOc1cccc(OCC(=O)N(C)CCC#N)c1. The highest BCUT2D eigenvalue weighted by Gasteiger charge is 2.09. The Labute approximate surface area is 113 Å². The molecule has 102 valence electrons. The molecule has 0 N–H and O–H groups in total. The first kappa shape index (κ1) is 14.8. The second kappa shape index (κ2) is 7.98. The summed E-state index contributed by atoms with van der Waals surface area (Å²) in [5.74, 6) is 1.15. The fourth-order valence-corrected chi connectivity index (χ4v) is 1.42. The van der Waals surface area contributed by atoms with Gasteiger partial charge in [-0.3, -0.25) is 4.79 Å². The molecule has 0 bridgehead atoms. The minimum Gasteiger partial charge on any atom is -0.494 e. The number of amides is 1. The Balaban J connectivity index is 2.45. The van der Waals surface area contributed by atoms with E-state index in [9.17, 15) is 4.79 Å². The number of carbonyl (C=O) groups is 1. The molecule has 0 fully saturated rings. The van der Waals surface area contributed by atoms with E-state index in [0.29, 0.717) is 31.1 Å². The molecule has 0 heterocycles. The lowest BCUT2D eigenvalue weighted by Gasteiger charge is -2.16. The van der Waals surface area contributed by atoms with Gasteiger partial charge in [-0.1, -0.05) is 6.07 Å². The normalized spacial score (nSPS) is 9.53. The topological polar surface area (TPSA) is 62.6 Å². The Hall–Kier alpha value is -2.22. The van der Waals surface area contributed by atoms with Gasteiger partial charge in [0.1, 0.15) is 11.5 Å². The number of hydrogen-bond acceptors (Lipinski definition) is 4. The Bertz CT molecular complexity index is 454. The standard InChI is InChI=1S/C14H18N2O3/c1-3-18-12-6-4-7-13(10-12)19-11-14(17)16(2)9-5-8-15/h4,6-7,10H,3,5,9,11H2,1-2H3. The highest BCUT2D eigenvalue weighted by molar-refractivity contribution is 5.77. The van der Waals surface area contributed by atoms with E-state index in [2.05, 4.69) is 0 Å². The molecular weight excluding hydrogens is 244 g/mol. The maximum absolute atomic E-state index is 11.7. The molecule has 0 aromatic heterocycles. The average Bonchev–Trinajstić information content (AvgIpc) is 2.43. The Morgan fingerprint density at radius 2 is 2.05 bits per heavy atom. The predicted molar refractivity (Wildman–Crippen MR) is 71.0 cm³/mol. The van der Waals surface area contributed by atoms with E-state index >= 15 is 0 Å². The van der Waals surface area contributed by atoms with Gasteiger partial charge in [-0.25, -0.2) is 0 Å². The van der Waals surface area contributed by atoms with Crippen molar-refractivity contribution in [2.75, 3.05) is 26.8 Å². The molecule has 0 aliphatic rings. The number of likely N-dealkylation sites (N-methyl/N-ethyl adjacent to an activating group) is 1. The van der Waals surface area contributed by atoms with Crippen LogP contribution in [0.3, 0.4) is 0 Å². The van der Waals surface area contributed by atoms with Crippen LogP contribution < -0.4 is 9.47 Å². The fraction of sp³-hybridized carbons (Fsp3) is 0.429. The molecule has 5 heteroatoms. The number of carbonyl (C=O) groups excluding carboxylic acids is 1. The summed E-state index contributed by atoms with van der Waals surface area (Å²) in [5, 5.41) is 8.45. The number of hydrogen-bond donors (Lipinski definition) is 0. The zero-order valence-corrected chi connectivity index (χ0v) is 11.3. The molecule has 1 amide bonds. The molecule has 1 aromatic rings. The molecule has 0 saturated carbocycles. The van der Waals surface area contributed by atoms with Gasteiger partial charge in [0.2, 0.25) is 0 Å². The van der Waals surface area contributed by atoms with Crippen molar-refractivity contribution in [3.8, 4) is 17.6 Å². The van der Waals surface area contributed by atoms with Crippen LogP contribution in [0.5, 0.6) is 11.5 Å². The van der Waals surface area contributed by atoms with E-state index in [1.165, 1.54) is 4.90 Å². The zero-order valence-electron chi connectivity index (χ0n) is 11.3. The molecule has 0 saturated heterocycles. The van der Waals surface area contributed by atoms with Crippen LogP contribution in [-0.4, -0.2) is 37.6 Å². The highest BCUT2D eigenvalue weighted by Crippen LogP contribution is 2.19. The van der Waals surface area contributed by atoms with Crippen molar-refractivity contribution >= 4 is 5.91 Å². The molecule has 0 aliphatic heterocycles. The summed E-state index contributed by atoms with van der Waals surface area (Å²) in [7, 11) is 1.65. The lowest BCUT2D eigenvalue weighted by Crippen LogP contribution is -2.32. The molecule has 19 heavy (non-hydrogen) atoms. The summed E-state index contributed by atoms with van der Waals surface area (Å²) in [6.07, 6.45) is 0.321. The number of nitrogens with zero attached hydrogens (tertiary/aromatic N) is 2. The number of nitriles is 1. The lowest BCUT2D eigenvalue weighted by molar-refractivity contribution is -0.131. The third-order valence-electron chi connectivity index (χ3n) is 2.46. The highest BCUT2D eigenvalue weighted by atomic mass is 16.5. The largest absolute Gasteiger partial charge is 0.494 e. The second-order valence-electron chi connectivity index (χ2n) is 3.92. The minimum atomic E-state index is -0.155. The van der Waals surface area contributed by atoms with Crippen LogP contribution in [-0.2, 0) is 4.79 Å². The first-order valence-corrected chi connectivity index (χ1v) is 6.14. The van der Waals surface area contributed by atoms with E-state index in [0.717, 1.165) is 0 Å². The Morgan fingerprint density at radius 1 is 1.37 bits per heavy atom. The summed E-state index contributed by atoms with van der Waals surface area (Å²) < 4.78 is 10.7. The third-order valence-corrected chi connectivity index (χ3v) is 2.46. The van der Waals surface area contributed by atoms with E-state index < -0.39 is 0 Å². The van der Waals surface area contributed by atoms with Gasteiger partial charge < -0.3 is 14.4 Å². The van der Waals surface area contributed by atoms with Crippen LogP contribution in [0.4, 0.5) is 0 Å². The van der Waals surface area contributed by atoms with Crippen LogP contribution in [0, 0.1) is 11.3 Å². The van der Waals surface area contributed by atoms with Crippen LogP contribution in [0.15, 0.2) is 24.3 Å². The monoisotopic (exact) mass is 262 g/mol. The molecular formula is C14H18N2O3.